The highest BCUT2D eigenvalue weighted by atomic mass is 16.1. The van der Waals surface area contributed by atoms with Gasteiger partial charge in [0, 0.05) is 60.0 Å². The molecule has 4 heterocycles. The number of hydrogen-bond acceptors (Lipinski definition) is 8. The zero-order chi connectivity index (χ0) is 24.6. The van der Waals surface area contributed by atoms with E-state index >= 15 is 0 Å². The van der Waals surface area contributed by atoms with Gasteiger partial charge in [-0.2, -0.15) is 0 Å². The molecule has 0 atom stereocenters. The summed E-state index contributed by atoms with van der Waals surface area (Å²) < 4.78 is 24.3. The van der Waals surface area contributed by atoms with Gasteiger partial charge in [-0.15, -0.1) is 15.3 Å². The first-order valence-corrected chi connectivity index (χ1v) is 10.2. The van der Waals surface area contributed by atoms with E-state index in [4.69, 9.17) is 4.11 Å². The van der Waals surface area contributed by atoms with E-state index < -0.39 is 6.98 Å². The number of rotatable bonds is 4. The summed E-state index contributed by atoms with van der Waals surface area (Å²) in [4.78, 5) is 20.7. The van der Waals surface area contributed by atoms with Crippen molar-refractivity contribution in [2.45, 2.75) is 0 Å². The molecule has 3 aromatic heterocycles. The van der Waals surface area contributed by atoms with Crippen LogP contribution < -0.4 is 10.2 Å². The average Bonchev–Trinajstić information content (AvgIpc) is 3.29. The number of carbonyl (C=O) groups is 1. The second-order valence-electron chi connectivity index (χ2n) is 7.61. The van der Waals surface area contributed by atoms with E-state index in [0.29, 0.717) is 48.9 Å². The summed E-state index contributed by atoms with van der Waals surface area (Å²) in [6, 6.07) is 10.7. The van der Waals surface area contributed by atoms with Crippen LogP contribution in [0.2, 0.25) is 0 Å². The van der Waals surface area contributed by atoms with E-state index in [1.54, 1.807) is 36.1 Å². The summed E-state index contributed by atoms with van der Waals surface area (Å²) >= 11 is 0. The minimum Gasteiger partial charge on any atom is -0.354 e. The van der Waals surface area contributed by atoms with Crippen LogP contribution in [-0.2, 0) is 7.05 Å². The van der Waals surface area contributed by atoms with Gasteiger partial charge in [0.25, 0.3) is 5.91 Å². The minimum atomic E-state index is -2.10. The first-order chi connectivity index (χ1) is 16.8. The van der Waals surface area contributed by atoms with Crippen molar-refractivity contribution in [3.05, 3.63) is 54.4 Å². The van der Waals surface area contributed by atoms with E-state index in [9.17, 15) is 4.79 Å². The molecule has 4 aromatic rings. The number of hydrogen-bond donors (Lipinski definition) is 1. The molecule has 0 radical (unpaired) electrons. The molecule has 1 amide bonds. The van der Waals surface area contributed by atoms with Gasteiger partial charge in [-0.3, -0.25) is 9.48 Å². The van der Waals surface area contributed by atoms with Crippen LogP contribution in [0.15, 0.2) is 48.8 Å². The summed E-state index contributed by atoms with van der Waals surface area (Å²) in [6.07, 6.45) is 3.39. The maximum atomic E-state index is 12.9. The quantitative estimate of drug-likeness (QED) is 0.521. The molecule has 0 unspecified atom stereocenters. The fraction of sp³-hybridized carbons (Fsp3) is 0.273. The van der Waals surface area contributed by atoms with Crippen LogP contribution >= 0.6 is 0 Å². The Labute approximate surface area is 189 Å². The highest BCUT2D eigenvalue weighted by Crippen LogP contribution is 2.23. The van der Waals surface area contributed by atoms with Gasteiger partial charge in [0.05, 0.1) is 11.7 Å². The summed E-state index contributed by atoms with van der Waals surface area (Å²) in [5.74, 6) is 0.609. The Balaban J connectivity index is 1.31. The van der Waals surface area contributed by atoms with E-state index in [-0.39, 0.29) is 5.91 Å². The van der Waals surface area contributed by atoms with Crippen LogP contribution in [0.4, 0.5) is 11.6 Å². The molecular formula is C22H23N9O. The molecule has 1 aromatic carbocycles. The smallest absolute Gasteiger partial charge is 0.257 e. The first kappa shape index (κ1) is 16.7. The molecular weight excluding hydrogens is 406 g/mol. The van der Waals surface area contributed by atoms with Gasteiger partial charge in [-0.1, -0.05) is 11.3 Å². The van der Waals surface area contributed by atoms with Gasteiger partial charge in [0.1, 0.15) is 11.5 Å². The van der Waals surface area contributed by atoms with Crippen molar-refractivity contribution < 1.29 is 8.91 Å². The number of carbonyl (C=O) groups excluding carboxylic acids is 1. The van der Waals surface area contributed by atoms with Crippen LogP contribution in [0.5, 0.6) is 0 Å². The molecule has 0 bridgehead atoms. The molecule has 1 saturated heterocycles. The molecule has 0 aliphatic carbocycles. The normalized spacial score (nSPS) is 16.4. The number of pyridine rings is 1. The number of likely N-dealkylation sites (N-methyl/N-ethyl adjacent to an activating group) is 1. The van der Waals surface area contributed by atoms with Gasteiger partial charge >= 0.3 is 0 Å². The van der Waals surface area contributed by atoms with Gasteiger partial charge in [0.2, 0.25) is 0 Å². The number of aryl methyl sites for hydroxylation is 1. The predicted octanol–water partition coefficient (Wildman–Crippen LogP) is 1.82. The molecule has 32 heavy (non-hydrogen) atoms. The summed E-state index contributed by atoms with van der Waals surface area (Å²) in [5, 5.41) is 20.0. The number of aromatic nitrogens is 6. The third-order valence-corrected chi connectivity index (χ3v) is 5.34. The van der Waals surface area contributed by atoms with Crippen molar-refractivity contribution in [3.63, 3.8) is 0 Å². The van der Waals surface area contributed by atoms with Crippen molar-refractivity contribution in [2.24, 2.45) is 7.05 Å². The Kier molecular flexibility index (Phi) is 4.35. The lowest BCUT2D eigenvalue weighted by Crippen LogP contribution is -2.44. The van der Waals surface area contributed by atoms with Crippen molar-refractivity contribution in [3.8, 4) is 11.3 Å². The largest absolute Gasteiger partial charge is 0.354 e. The molecule has 10 nitrogen and oxygen atoms in total. The van der Waals surface area contributed by atoms with E-state index in [1.807, 2.05) is 29.3 Å². The third-order valence-electron chi connectivity index (χ3n) is 5.34. The lowest BCUT2D eigenvalue weighted by Gasteiger charge is -2.33. The number of anilines is 2. The SMILES string of the molecule is [2H]C([2H])([2H])N1CCN(c2cc(C(=O)Nc3cc4cc(-c5cn(C)nn5)ccc4nn3)ccn2)CC1. The molecule has 5 rings (SSSR count). The maximum Gasteiger partial charge on any atom is 0.257 e. The van der Waals surface area contributed by atoms with Crippen molar-refractivity contribution >= 4 is 28.4 Å². The number of amides is 1. The second kappa shape index (κ2) is 8.31. The predicted molar refractivity (Wildman–Crippen MR) is 121 cm³/mol. The van der Waals surface area contributed by atoms with Gasteiger partial charge in [-0.25, -0.2) is 4.98 Å². The fourth-order valence-corrected chi connectivity index (χ4v) is 3.60. The Morgan fingerprint density at radius 1 is 1.06 bits per heavy atom. The average molecular weight is 433 g/mol. The number of benzene rings is 1. The highest BCUT2D eigenvalue weighted by molar-refractivity contribution is 6.04. The summed E-state index contributed by atoms with van der Waals surface area (Å²) in [7, 11) is 1.80. The van der Waals surface area contributed by atoms with Crippen molar-refractivity contribution in [1.82, 2.24) is 35.1 Å². The third kappa shape index (κ3) is 4.12. The lowest BCUT2D eigenvalue weighted by atomic mass is 10.1. The van der Waals surface area contributed by atoms with E-state index in [1.165, 1.54) is 4.90 Å². The Morgan fingerprint density at radius 3 is 2.72 bits per heavy atom. The van der Waals surface area contributed by atoms with E-state index in [0.717, 1.165) is 16.6 Å². The first-order valence-electron chi connectivity index (χ1n) is 11.7. The van der Waals surface area contributed by atoms with Crippen molar-refractivity contribution in [2.75, 3.05) is 43.4 Å². The standard InChI is InChI=1S/C22H23N9O/c1-29-7-9-31(10-8-29)21-13-16(5-6-23-21)22(32)24-20-12-17-11-15(3-4-18(17)25-27-20)19-14-30(2)28-26-19/h3-6,11-14H,7-10H2,1-2H3,(H,24,27,32)/i1D3. The maximum absolute atomic E-state index is 12.9. The number of fused-ring (bicyclic) bond motifs is 1. The molecule has 0 saturated carbocycles. The number of nitrogens with zero attached hydrogens (tertiary/aromatic N) is 8. The molecule has 1 aliphatic heterocycles. The lowest BCUT2D eigenvalue weighted by molar-refractivity contribution is 0.102. The minimum absolute atomic E-state index is 0.323. The van der Waals surface area contributed by atoms with Gasteiger partial charge in [0.15, 0.2) is 5.82 Å². The zero-order valence-electron chi connectivity index (χ0n) is 20.4. The van der Waals surface area contributed by atoms with E-state index in [2.05, 4.69) is 30.8 Å². The molecule has 1 aliphatic rings. The van der Waals surface area contributed by atoms with Crippen molar-refractivity contribution in [1.29, 1.82) is 0 Å². The monoisotopic (exact) mass is 432 g/mol. The summed E-state index contributed by atoms with van der Waals surface area (Å²) in [5.41, 5.74) is 2.73. The Morgan fingerprint density at radius 2 is 1.94 bits per heavy atom. The van der Waals surface area contributed by atoms with Crippen LogP contribution in [-0.4, -0.2) is 74.1 Å². The molecule has 162 valence electrons. The zero-order valence-corrected chi connectivity index (χ0v) is 17.4. The van der Waals surface area contributed by atoms with Crippen LogP contribution in [0, 0.1) is 0 Å². The second-order valence-corrected chi connectivity index (χ2v) is 7.61. The Bertz CT molecular complexity index is 1380. The van der Waals surface area contributed by atoms with Gasteiger partial charge < -0.3 is 15.1 Å². The molecule has 0 spiro atoms. The van der Waals surface area contributed by atoms with Crippen LogP contribution in [0.25, 0.3) is 22.2 Å². The number of piperazine rings is 1. The summed E-state index contributed by atoms with van der Waals surface area (Å²) in [6.45, 7) is -0.269. The molecule has 10 heteroatoms. The fourth-order valence-electron chi connectivity index (χ4n) is 3.60. The molecule has 1 N–H and O–H groups in total. The highest BCUT2D eigenvalue weighted by Gasteiger charge is 2.17. The number of nitrogens with one attached hydrogen (secondary N) is 1. The Hall–Kier alpha value is -3.92. The molecule has 1 fully saturated rings. The van der Waals surface area contributed by atoms with Crippen LogP contribution in [0.1, 0.15) is 14.5 Å². The van der Waals surface area contributed by atoms with Crippen LogP contribution in [0.3, 0.4) is 0 Å². The topological polar surface area (TPSA) is 105 Å². The van der Waals surface area contributed by atoms with Gasteiger partial charge in [-0.05, 0) is 37.3 Å².